The van der Waals surface area contributed by atoms with E-state index in [-0.39, 0.29) is 10.6 Å². The minimum absolute atomic E-state index is 0.144. The molecule has 27 heavy (non-hydrogen) atoms. The van der Waals surface area contributed by atoms with Crippen molar-refractivity contribution in [3.05, 3.63) is 52.8 Å². The van der Waals surface area contributed by atoms with E-state index in [1.165, 1.54) is 43.3 Å². The van der Waals surface area contributed by atoms with Crippen LogP contribution >= 0.6 is 11.6 Å². The lowest BCUT2D eigenvalue weighted by Crippen LogP contribution is -2.30. The molecule has 2 aromatic rings. The molecule has 6 nitrogen and oxygen atoms in total. The fraction of sp³-hybridized carbons (Fsp3) is 0.263. The lowest BCUT2D eigenvalue weighted by molar-refractivity contribution is -0.123. The number of carbonyl (C=O) groups is 2. The van der Waals surface area contributed by atoms with Crippen LogP contribution in [0, 0.1) is 5.82 Å². The van der Waals surface area contributed by atoms with Gasteiger partial charge in [-0.25, -0.2) is 9.18 Å². The standard InChI is InChI=1S/C19H17ClFNO5/c1-11(18(23)22-14-5-3-13(21)4-6-14)27-19(24)12-9-15(20)17-16(10-12)25-7-2-8-26-17/h3-6,9-11H,2,7-8H2,1H3,(H,22,23)/t11-/m0/s1. The van der Waals surface area contributed by atoms with Crippen LogP contribution in [0.15, 0.2) is 36.4 Å². The van der Waals surface area contributed by atoms with E-state index in [0.29, 0.717) is 36.8 Å². The van der Waals surface area contributed by atoms with Gasteiger partial charge in [0.15, 0.2) is 17.6 Å². The summed E-state index contributed by atoms with van der Waals surface area (Å²) >= 11 is 6.16. The molecule has 1 N–H and O–H groups in total. The number of carbonyl (C=O) groups excluding carboxylic acids is 2. The second kappa shape index (κ2) is 8.26. The Morgan fingerprint density at radius 1 is 1.19 bits per heavy atom. The van der Waals surface area contributed by atoms with Gasteiger partial charge in [-0.05, 0) is 43.3 Å². The number of amides is 1. The van der Waals surface area contributed by atoms with Gasteiger partial charge in [-0.15, -0.1) is 0 Å². The van der Waals surface area contributed by atoms with Gasteiger partial charge in [0.25, 0.3) is 5.91 Å². The summed E-state index contributed by atoms with van der Waals surface area (Å²) < 4.78 is 29.1. The molecule has 0 unspecified atom stereocenters. The second-order valence-corrected chi connectivity index (χ2v) is 6.29. The first-order chi connectivity index (χ1) is 12.9. The van der Waals surface area contributed by atoms with Crippen molar-refractivity contribution in [2.75, 3.05) is 18.5 Å². The van der Waals surface area contributed by atoms with E-state index in [1.54, 1.807) is 0 Å². The van der Waals surface area contributed by atoms with Crippen molar-refractivity contribution < 1.29 is 28.2 Å². The minimum Gasteiger partial charge on any atom is -0.489 e. The van der Waals surface area contributed by atoms with E-state index >= 15 is 0 Å². The van der Waals surface area contributed by atoms with Gasteiger partial charge in [-0.1, -0.05) is 11.6 Å². The summed E-state index contributed by atoms with van der Waals surface area (Å²) in [7, 11) is 0. The van der Waals surface area contributed by atoms with Gasteiger partial charge in [0, 0.05) is 12.1 Å². The number of hydrogen-bond donors (Lipinski definition) is 1. The van der Waals surface area contributed by atoms with E-state index < -0.39 is 23.8 Å². The van der Waals surface area contributed by atoms with Gasteiger partial charge in [0.05, 0.1) is 23.8 Å². The van der Waals surface area contributed by atoms with Crippen molar-refractivity contribution in [3.63, 3.8) is 0 Å². The summed E-state index contributed by atoms with van der Waals surface area (Å²) in [5, 5.41) is 2.77. The maximum absolute atomic E-state index is 12.9. The fourth-order valence-electron chi connectivity index (χ4n) is 2.41. The summed E-state index contributed by atoms with van der Waals surface area (Å²) in [4.78, 5) is 24.5. The molecule has 1 aliphatic rings. The summed E-state index contributed by atoms with van der Waals surface area (Å²) in [6.45, 7) is 2.34. The Morgan fingerprint density at radius 2 is 1.89 bits per heavy atom. The van der Waals surface area contributed by atoms with Crippen LogP contribution in [-0.2, 0) is 9.53 Å². The third-order valence-corrected chi connectivity index (χ3v) is 4.08. The Labute approximate surface area is 160 Å². The van der Waals surface area contributed by atoms with Crippen LogP contribution in [0.1, 0.15) is 23.7 Å². The predicted octanol–water partition coefficient (Wildman–Crippen LogP) is 3.82. The minimum atomic E-state index is -1.07. The molecule has 0 aliphatic carbocycles. The molecule has 0 fully saturated rings. The molecule has 1 atom stereocenters. The van der Waals surface area contributed by atoms with Crippen molar-refractivity contribution in [2.24, 2.45) is 0 Å². The van der Waals surface area contributed by atoms with E-state index in [4.69, 9.17) is 25.8 Å². The predicted molar refractivity (Wildman–Crippen MR) is 97.0 cm³/mol. The summed E-state index contributed by atoms with van der Waals surface area (Å²) in [6.07, 6.45) is -0.372. The zero-order valence-corrected chi connectivity index (χ0v) is 15.2. The monoisotopic (exact) mass is 393 g/mol. The molecule has 8 heteroatoms. The number of ether oxygens (including phenoxy) is 3. The number of rotatable bonds is 4. The van der Waals surface area contributed by atoms with E-state index in [0.717, 1.165) is 0 Å². The zero-order chi connectivity index (χ0) is 19.4. The molecule has 0 radical (unpaired) electrons. The molecule has 0 aromatic heterocycles. The number of anilines is 1. The van der Waals surface area contributed by atoms with Crippen LogP contribution in [0.4, 0.5) is 10.1 Å². The van der Waals surface area contributed by atoms with Gasteiger partial charge in [0.1, 0.15) is 5.82 Å². The summed E-state index contributed by atoms with van der Waals surface area (Å²) in [6, 6.07) is 8.12. The van der Waals surface area contributed by atoms with Crippen LogP contribution in [0.5, 0.6) is 11.5 Å². The van der Waals surface area contributed by atoms with Gasteiger partial charge in [0.2, 0.25) is 0 Å². The maximum atomic E-state index is 12.9. The molecule has 0 bridgehead atoms. The average Bonchev–Trinajstić information content (AvgIpc) is 2.89. The van der Waals surface area contributed by atoms with Gasteiger partial charge in [-0.2, -0.15) is 0 Å². The number of fused-ring (bicyclic) bond motifs is 1. The molecular weight excluding hydrogens is 377 g/mol. The van der Waals surface area contributed by atoms with E-state index in [2.05, 4.69) is 5.32 Å². The Balaban J connectivity index is 1.67. The second-order valence-electron chi connectivity index (χ2n) is 5.88. The van der Waals surface area contributed by atoms with Gasteiger partial charge >= 0.3 is 5.97 Å². The van der Waals surface area contributed by atoms with E-state index in [9.17, 15) is 14.0 Å². The van der Waals surface area contributed by atoms with Crippen molar-refractivity contribution in [2.45, 2.75) is 19.4 Å². The molecule has 0 saturated heterocycles. The molecule has 0 saturated carbocycles. The quantitative estimate of drug-likeness (QED) is 0.799. The summed E-state index contributed by atoms with van der Waals surface area (Å²) in [5.41, 5.74) is 0.536. The molecule has 0 spiro atoms. The molecular formula is C19H17ClFNO5. The normalized spacial score (nSPS) is 14.0. The smallest absolute Gasteiger partial charge is 0.339 e. The van der Waals surface area contributed by atoms with Crippen LogP contribution in [-0.4, -0.2) is 31.2 Å². The maximum Gasteiger partial charge on any atom is 0.339 e. The Bertz CT molecular complexity index is 856. The number of benzene rings is 2. The lowest BCUT2D eigenvalue weighted by Gasteiger charge is -2.15. The first-order valence-corrected chi connectivity index (χ1v) is 8.68. The topological polar surface area (TPSA) is 73.9 Å². The number of halogens is 2. The van der Waals surface area contributed by atoms with Crippen molar-refractivity contribution in [1.82, 2.24) is 0 Å². The average molecular weight is 394 g/mol. The van der Waals surface area contributed by atoms with Crippen LogP contribution < -0.4 is 14.8 Å². The third-order valence-electron chi connectivity index (χ3n) is 3.80. The summed E-state index contributed by atoms with van der Waals surface area (Å²) in [5.74, 6) is -0.952. The molecule has 3 rings (SSSR count). The van der Waals surface area contributed by atoms with Crippen LogP contribution in [0.3, 0.4) is 0 Å². The first-order valence-electron chi connectivity index (χ1n) is 8.30. The number of hydrogen-bond acceptors (Lipinski definition) is 5. The Hall–Kier alpha value is -2.80. The zero-order valence-electron chi connectivity index (χ0n) is 14.5. The first kappa shape index (κ1) is 19.0. The molecule has 1 heterocycles. The molecule has 2 aromatic carbocycles. The highest BCUT2D eigenvalue weighted by Crippen LogP contribution is 2.38. The highest BCUT2D eigenvalue weighted by atomic mass is 35.5. The van der Waals surface area contributed by atoms with E-state index in [1.807, 2.05) is 0 Å². The fourth-order valence-corrected chi connectivity index (χ4v) is 2.67. The van der Waals surface area contributed by atoms with Gasteiger partial charge < -0.3 is 19.5 Å². The molecule has 1 aliphatic heterocycles. The lowest BCUT2D eigenvalue weighted by atomic mass is 10.2. The van der Waals surface area contributed by atoms with Crippen molar-refractivity contribution in [3.8, 4) is 11.5 Å². The van der Waals surface area contributed by atoms with Crippen LogP contribution in [0.2, 0.25) is 5.02 Å². The van der Waals surface area contributed by atoms with Crippen molar-refractivity contribution >= 4 is 29.2 Å². The largest absolute Gasteiger partial charge is 0.489 e. The highest BCUT2D eigenvalue weighted by Gasteiger charge is 2.23. The van der Waals surface area contributed by atoms with Crippen LogP contribution in [0.25, 0.3) is 0 Å². The highest BCUT2D eigenvalue weighted by molar-refractivity contribution is 6.32. The van der Waals surface area contributed by atoms with Gasteiger partial charge in [-0.3, -0.25) is 4.79 Å². The molecule has 1 amide bonds. The van der Waals surface area contributed by atoms with Crippen molar-refractivity contribution in [1.29, 1.82) is 0 Å². The Kier molecular flexibility index (Phi) is 5.81. The molecule has 142 valence electrons. The SMILES string of the molecule is C[C@H](OC(=O)c1cc(Cl)c2c(c1)OCCCO2)C(=O)Nc1ccc(F)cc1. The number of esters is 1. The Morgan fingerprint density at radius 3 is 2.63 bits per heavy atom. The number of nitrogens with one attached hydrogen (secondary N) is 1. The third kappa shape index (κ3) is 4.68.